The number of amides is 1. The fourth-order valence-electron chi connectivity index (χ4n) is 1.28. The molecule has 14 heavy (non-hydrogen) atoms. The van der Waals surface area contributed by atoms with Crippen molar-refractivity contribution < 1.29 is 13.2 Å². The number of likely N-dealkylation sites (N-methyl/N-ethyl adjacent to an activating group) is 1. The first kappa shape index (κ1) is 11.2. The molecule has 80 valence electrons. The van der Waals surface area contributed by atoms with E-state index in [0.29, 0.717) is 18.5 Å². The maximum absolute atomic E-state index is 11.3. The summed E-state index contributed by atoms with van der Waals surface area (Å²) in [6.07, 6.45) is 2.76. The fourth-order valence-corrected chi connectivity index (χ4v) is 2.56. The lowest BCUT2D eigenvalue weighted by Gasteiger charge is -2.01. The molecule has 5 nitrogen and oxygen atoms in total. The van der Waals surface area contributed by atoms with Crippen molar-refractivity contribution in [3.63, 3.8) is 0 Å². The van der Waals surface area contributed by atoms with Gasteiger partial charge in [0.2, 0.25) is 15.9 Å². The molecule has 0 spiro atoms. The van der Waals surface area contributed by atoms with E-state index in [0.717, 1.165) is 6.42 Å². The average Bonchev–Trinajstić information content (AvgIpc) is 2.26. The number of carbonyl (C=O) groups is 1. The summed E-state index contributed by atoms with van der Waals surface area (Å²) in [6, 6.07) is 0. The van der Waals surface area contributed by atoms with Gasteiger partial charge in [-0.3, -0.25) is 4.79 Å². The third-order valence-electron chi connectivity index (χ3n) is 1.95. The van der Waals surface area contributed by atoms with E-state index in [9.17, 15) is 13.2 Å². The number of sulfonamides is 1. The van der Waals surface area contributed by atoms with Gasteiger partial charge in [-0.2, -0.15) is 0 Å². The van der Waals surface area contributed by atoms with Crippen LogP contribution in [0.15, 0.2) is 11.6 Å². The Balaban J connectivity index is 2.79. The highest BCUT2D eigenvalue weighted by molar-refractivity contribution is 7.89. The first-order valence-corrected chi connectivity index (χ1v) is 6.07. The molecule has 0 aromatic carbocycles. The molecule has 0 saturated carbocycles. The van der Waals surface area contributed by atoms with Gasteiger partial charge in [0.25, 0.3) is 0 Å². The van der Waals surface area contributed by atoms with Crippen molar-refractivity contribution in [1.29, 1.82) is 0 Å². The highest BCUT2D eigenvalue weighted by Gasteiger charge is 2.17. The Morgan fingerprint density at radius 3 is 2.93 bits per heavy atom. The van der Waals surface area contributed by atoms with Crippen LogP contribution in [0, 0.1) is 0 Å². The molecule has 1 aliphatic rings. The third-order valence-corrected chi connectivity index (χ3v) is 3.35. The largest absolute Gasteiger partial charge is 0.356 e. The van der Waals surface area contributed by atoms with E-state index in [1.54, 1.807) is 0 Å². The first-order valence-electron chi connectivity index (χ1n) is 4.42. The minimum atomic E-state index is -3.22. The predicted octanol–water partition coefficient (Wildman–Crippen LogP) is -0.628. The van der Waals surface area contributed by atoms with Crippen LogP contribution in [0.3, 0.4) is 0 Å². The third kappa shape index (κ3) is 3.47. The standard InChI is InChI=1S/C8H14N2O3S/c1-9-8(11)5-7-3-2-4-10-14(12,13)6-7/h5,10H,2-4,6H2,1H3,(H,9,11)/b7-5+. The predicted molar refractivity (Wildman–Crippen MR) is 53.2 cm³/mol. The molecule has 0 atom stereocenters. The molecule has 1 aliphatic heterocycles. The Morgan fingerprint density at radius 1 is 1.57 bits per heavy atom. The lowest BCUT2D eigenvalue weighted by molar-refractivity contribution is -0.116. The smallest absolute Gasteiger partial charge is 0.243 e. The van der Waals surface area contributed by atoms with E-state index in [-0.39, 0.29) is 11.7 Å². The van der Waals surface area contributed by atoms with Crippen molar-refractivity contribution in [3.05, 3.63) is 11.6 Å². The molecule has 1 saturated heterocycles. The molecular weight excluding hydrogens is 204 g/mol. The van der Waals surface area contributed by atoms with Crippen molar-refractivity contribution in [2.24, 2.45) is 0 Å². The van der Waals surface area contributed by atoms with Crippen LogP contribution in [0.25, 0.3) is 0 Å². The summed E-state index contributed by atoms with van der Waals surface area (Å²) in [5.41, 5.74) is 0.661. The fraction of sp³-hybridized carbons (Fsp3) is 0.625. The second-order valence-electron chi connectivity index (χ2n) is 3.17. The normalized spacial score (nSPS) is 24.2. The van der Waals surface area contributed by atoms with E-state index in [1.807, 2.05) is 0 Å². The van der Waals surface area contributed by atoms with Gasteiger partial charge >= 0.3 is 0 Å². The molecule has 1 heterocycles. The number of carbonyl (C=O) groups excluding carboxylic acids is 1. The molecule has 2 N–H and O–H groups in total. The van der Waals surface area contributed by atoms with Gasteiger partial charge in [0.1, 0.15) is 0 Å². The first-order chi connectivity index (χ1) is 6.53. The maximum atomic E-state index is 11.3. The van der Waals surface area contributed by atoms with E-state index >= 15 is 0 Å². The van der Waals surface area contributed by atoms with Crippen LogP contribution < -0.4 is 10.0 Å². The monoisotopic (exact) mass is 218 g/mol. The van der Waals surface area contributed by atoms with E-state index in [1.165, 1.54) is 13.1 Å². The second kappa shape index (κ2) is 4.56. The molecule has 0 unspecified atom stereocenters. The van der Waals surface area contributed by atoms with Crippen molar-refractivity contribution in [3.8, 4) is 0 Å². The zero-order valence-corrected chi connectivity index (χ0v) is 8.86. The summed E-state index contributed by atoms with van der Waals surface area (Å²) in [7, 11) is -1.70. The lowest BCUT2D eigenvalue weighted by Crippen LogP contribution is -2.25. The van der Waals surface area contributed by atoms with Crippen LogP contribution >= 0.6 is 0 Å². The molecule has 0 bridgehead atoms. The van der Waals surface area contributed by atoms with Gasteiger partial charge < -0.3 is 5.32 Å². The molecule has 0 aliphatic carbocycles. The summed E-state index contributed by atoms with van der Waals surface area (Å²) in [5.74, 6) is -0.322. The van der Waals surface area contributed by atoms with Gasteiger partial charge in [0, 0.05) is 19.7 Å². The Morgan fingerprint density at radius 2 is 2.29 bits per heavy atom. The minimum Gasteiger partial charge on any atom is -0.356 e. The Labute approximate surface area is 83.6 Å². The van der Waals surface area contributed by atoms with Crippen LogP contribution in [0.1, 0.15) is 12.8 Å². The Kier molecular flexibility index (Phi) is 3.65. The van der Waals surface area contributed by atoms with Crippen LogP contribution in [0.2, 0.25) is 0 Å². The van der Waals surface area contributed by atoms with Crippen LogP contribution in [0.5, 0.6) is 0 Å². The SMILES string of the molecule is CNC(=O)/C=C1\CCCNS(=O)(=O)C1. The summed E-state index contributed by atoms with van der Waals surface area (Å²) < 4.78 is 25.0. The Bertz CT molecular complexity index is 346. The van der Waals surface area contributed by atoms with Gasteiger partial charge in [0.15, 0.2) is 0 Å². The molecular formula is C8H14N2O3S. The minimum absolute atomic E-state index is 0.0690. The number of rotatable bonds is 1. The van der Waals surface area contributed by atoms with Crippen molar-refractivity contribution in [2.75, 3.05) is 19.3 Å². The summed E-state index contributed by atoms with van der Waals surface area (Å²) >= 11 is 0. The zero-order chi connectivity index (χ0) is 10.6. The molecule has 0 aromatic heterocycles. The van der Waals surface area contributed by atoms with Gasteiger partial charge in [-0.25, -0.2) is 13.1 Å². The molecule has 6 heteroatoms. The molecule has 1 amide bonds. The highest BCUT2D eigenvalue weighted by atomic mass is 32.2. The number of hydrogen-bond acceptors (Lipinski definition) is 3. The van der Waals surface area contributed by atoms with Gasteiger partial charge in [-0.05, 0) is 18.4 Å². The molecule has 0 aromatic rings. The number of nitrogens with one attached hydrogen (secondary N) is 2. The summed E-state index contributed by atoms with van der Waals surface area (Å²) in [4.78, 5) is 11.0. The molecule has 1 rings (SSSR count). The quantitative estimate of drug-likeness (QED) is 0.575. The Hall–Kier alpha value is -0.880. The highest BCUT2D eigenvalue weighted by Crippen LogP contribution is 2.11. The van der Waals surface area contributed by atoms with Gasteiger partial charge in [-0.15, -0.1) is 0 Å². The van der Waals surface area contributed by atoms with Crippen molar-refractivity contribution >= 4 is 15.9 Å². The van der Waals surface area contributed by atoms with Crippen LogP contribution in [-0.4, -0.2) is 33.7 Å². The molecule has 1 fully saturated rings. The number of hydrogen-bond donors (Lipinski definition) is 2. The van der Waals surface area contributed by atoms with Crippen LogP contribution in [-0.2, 0) is 14.8 Å². The summed E-state index contributed by atoms with van der Waals surface area (Å²) in [5, 5.41) is 2.43. The van der Waals surface area contributed by atoms with E-state index < -0.39 is 10.0 Å². The lowest BCUT2D eigenvalue weighted by atomic mass is 10.1. The topological polar surface area (TPSA) is 75.3 Å². The van der Waals surface area contributed by atoms with E-state index in [2.05, 4.69) is 10.0 Å². The van der Waals surface area contributed by atoms with Crippen molar-refractivity contribution in [2.45, 2.75) is 12.8 Å². The molecule has 0 radical (unpaired) electrons. The zero-order valence-electron chi connectivity index (χ0n) is 8.04. The second-order valence-corrected chi connectivity index (χ2v) is 4.98. The van der Waals surface area contributed by atoms with Gasteiger partial charge in [-0.1, -0.05) is 0 Å². The van der Waals surface area contributed by atoms with Crippen molar-refractivity contribution in [1.82, 2.24) is 10.0 Å². The maximum Gasteiger partial charge on any atom is 0.243 e. The van der Waals surface area contributed by atoms with Gasteiger partial charge in [0.05, 0.1) is 5.75 Å². The average molecular weight is 218 g/mol. The van der Waals surface area contributed by atoms with E-state index in [4.69, 9.17) is 0 Å². The summed E-state index contributed by atoms with van der Waals surface area (Å²) in [6.45, 7) is 0.452. The van der Waals surface area contributed by atoms with Crippen LogP contribution in [0.4, 0.5) is 0 Å².